The van der Waals surface area contributed by atoms with Crippen molar-refractivity contribution in [3.63, 3.8) is 0 Å². The second-order valence-corrected chi connectivity index (χ2v) is 6.97. The molecule has 1 rings (SSSR count). The van der Waals surface area contributed by atoms with Crippen LogP contribution in [0.2, 0.25) is 0 Å². The molecule has 0 aliphatic heterocycles. The number of nitrogens with one attached hydrogen (secondary N) is 1. The molecule has 0 saturated carbocycles. The van der Waals surface area contributed by atoms with Gasteiger partial charge in [-0.3, -0.25) is 0 Å². The lowest BCUT2D eigenvalue weighted by Gasteiger charge is -2.16. The van der Waals surface area contributed by atoms with Crippen LogP contribution in [0.5, 0.6) is 0 Å². The summed E-state index contributed by atoms with van der Waals surface area (Å²) in [6.07, 6.45) is 1.98. The minimum Gasteiger partial charge on any atom is -0.211 e. The molecule has 0 atom stereocenters. The molecule has 0 bridgehead atoms. The zero-order valence-electron chi connectivity index (χ0n) is 12.6. The summed E-state index contributed by atoms with van der Waals surface area (Å²) in [5.74, 6) is 0.404. The van der Waals surface area contributed by atoms with Crippen molar-refractivity contribution < 1.29 is 8.42 Å². The van der Waals surface area contributed by atoms with Crippen molar-refractivity contribution in [3.05, 3.63) is 28.8 Å². The first kappa shape index (κ1) is 16.2. The lowest BCUT2D eigenvalue weighted by molar-refractivity contribution is 0.478. The van der Waals surface area contributed by atoms with Crippen LogP contribution < -0.4 is 4.72 Å². The van der Waals surface area contributed by atoms with E-state index in [0.717, 1.165) is 29.5 Å². The normalized spacial score (nSPS) is 12.1. The molecule has 0 aromatic heterocycles. The molecule has 19 heavy (non-hydrogen) atoms. The Bertz CT molecular complexity index is 508. The molecule has 0 saturated heterocycles. The topological polar surface area (TPSA) is 46.2 Å². The van der Waals surface area contributed by atoms with Crippen LogP contribution in [0, 0.1) is 26.7 Å². The molecule has 0 radical (unpaired) electrons. The van der Waals surface area contributed by atoms with Gasteiger partial charge in [-0.15, -0.1) is 0 Å². The quantitative estimate of drug-likeness (QED) is 0.870. The molecule has 0 unspecified atom stereocenters. The Morgan fingerprint density at radius 2 is 1.53 bits per heavy atom. The van der Waals surface area contributed by atoms with Gasteiger partial charge in [0.2, 0.25) is 10.0 Å². The Morgan fingerprint density at radius 1 is 1.05 bits per heavy atom. The molecule has 1 aromatic rings. The fourth-order valence-electron chi connectivity index (χ4n) is 2.47. The standard InChI is InChI=1S/C15H25NO2S/c1-6-14(7-2)10-16-19(17,18)15-12(4)8-11(3)9-13(15)5/h8-9,14,16H,6-7,10H2,1-5H3. The first-order valence-corrected chi connectivity index (χ1v) is 8.37. The van der Waals surface area contributed by atoms with Crippen molar-refractivity contribution in [2.24, 2.45) is 5.92 Å². The molecule has 0 aliphatic carbocycles. The van der Waals surface area contributed by atoms with Crippen LogP contribution in [0.4, 0.5) is 0 Å². The number of sulfonamides is 1. The van der Waals surface area contributed by atoms with E-state index in [0.29, 0.717) is 17.4 Å². The maximum absolute atomic E-state index is 12.4. The van der Waals surface area contributed by atoms with Crippen LogP contribution >= 0.6 is 0 Å². The monoisotopic (exact) mass is 283 g/mol. The second kappa shape index (κ2) is 6.53. The van der Waals surface area contributed by atoms with E-state index < -0.39 is 10.0 Å². The molecule has 1 N–H and O–H groups in total. The van der Waals surface area contributed by atoms with E-state index in [1.165, 1.54) is 0 Å². The van der Waals surface area contributed by atoms with Gasteiger partial charge < -0.3 is 0 Å². The molecular weight excluding hydrogens is 258 g/mol. The predicted octanol–water partition coefficient (Wildman–Crippen LogP) is 3.33. The third kappa shape index (κ3) is 4.05. The van der Waals surface area contributed by atoms with Crippen LogP contribution in [0.25, 0.3) is 0 Å². The molecule has 0 spiro atoms. The molecule has 0 amide bonds. The van der Waals surface area contributed by atoms with Gasteiger partial charge in [0.1, 0.15) is 0 Å². The summed E-state index contributed by atoms with van der Waals surface area (Å²) in [5.41, 5.74) is 2.72. The van der Waals surface area contributed by atoms with Crippen molar-refractivity contribution in [3.8, 4) is 0 Å². The fourth-order valence-corrected chi connectivity index (χ4v) is 4.03. The largest absolute Gasteiger partial charge is 0.241 e. The number of aryl methyl sites for hydroxylation is 3. The van der Waals surface area contributed by atoms with E-state index in [1.54, 1.807) is 0 Å². The smallest absolute Gasteiger partial charge is 0.211 e. The SMILES string of the molecule is CCC(CC)CNS(=O)(=O)c1c(C)cc(C)cc1C. The van der Waals surface area contributed by atoms with E-state index in [1.807, 2.05) is 32.9 Å². The summed E-state index contributed by atoms with van der Waals surface area (Å²) in [7, 11) is -3.40. The third-order valence-corrected chi connectivity index (χ3v) is 5.32. The van der Waals surface area contributed by atoms with E-state index in [-0.39, 0.29) is 0 Å². The van der Waals surface area contributed by atoms with Gasteiger partial charge in [0, 0.05) is 6.54 Å². The fraction of sp³-hybridized carbons (Fsp3) is 0.600. The summed E-state index contributed by atoms with van der Waals surface area (Å²) in [4.78, 5) is 0.434. The van der Waals surface area contributed by atoms with Crippen molar-refractivity contribution in [2.45, 2.75) is 52.4 Å². The highest BCUT2D eigenvalue weighted by atomic mass is 32.2. The Kier molecular flexibility index (Phi) is 5.56. The molecule has 1 aromatic carbocycles. The highest BCUT2D eigenvalue weighted by molar-refractivity contribution is 7.89. The Labute approximate surface area is 117 Å². The van der Waals surface area contributed by atoms with Gasteiger partial charge in [-0.1, -0.05) is 44.4 Å². The van der Waals surface area contributed by atoms with Gasteiger partial charge in [-0.25, -0.2) is 13.1 Å². The molecule has 4 heteroatoms. The zero-order valence-corrected chi connectivity index (χ0v) is 13.4. The van der Waals surface area contributed by atoms with Crippen molar-refractivity contribution in [1.29, 1.82) is 0 Å². The number of rotatable bonds is 6. The number of benzene rings is 1. The molecule has 0 aliphatic rings. The van der Waals surface area contributed by atoms with Crippen molar-refractivity contribution in [2.75, 3.05) is 6.54 Å². The first-order valence-electron chi connectivity index (χ1n) is 6.89. The number of hydrogen-bond donors (Lipinski definition) is 1. The van der Waals surface area contributed by atoms with Gasteiger partial charge in [-0.2, -0.15) is 0 Å². The van der Waals surface area contributed by atoms with E-state index >= 15 is 0 Å². The lowest BCUT2D eigenvalue weighted by Crippen LogP contribution is -2.30. The van der Waals surface area contributed by atoms with Crippen LogP contribution in [-0.2, 0) is 10.0 Å². The minimum absolute atomic E-state index is 0.404. The molecular formula is C15H25NO2S. The average Bonchev–Trinajstić information content (AvgIpc) is 2.28. The average molecular weight is 283 g/mol. The van der Waals surface area contributed by atoms with E-state index in [4.69, 9.17) is 0 Å². The van der Waals surface area contributed by atoms with Crippen molar-refractivity contribution >= 4 is 10.0 Å². The Balaban J connectivity index is 3.01. The van der Waals surface area contributed by atoms with Crippen LogP contribution in [-0.4, -0.2) is 15.0 Å². The molecule has 108 valence electrons. The first-order chi connectivity index (χ1) is 8.81. The minimum atomic E-state index is -3.40. The maximum Gasteiger partial charge on any atom is 0.241 e. The van der Waals surface area contributed by atoms with Gasteiger partial charge in [0.25, 0.3) is 0 Å². The zero-order chi connectivity index (χ0) is 14.6. The van der Waals surface area contributed by atoms with Gasteiger partial charge in [0.15, 0.2) is 0 Å². The highest BCUT2D eigenvalue weighted by Gasteiger charge is 2.20. The third-order valence-electron chi connectivity index (χ3n) is 3.59. The summed E-state index contributed by atoms with van der Waals surface area (Å²) >= 11 is 0. The summed E-state index contributed by atoms with van der Waals surface area (Å²) in [5, 5.41) is 0. The van der Waals surface area contributed by atoms with Crippen LogP contribution in [0.15, 0.2) is 17.0 Å². The summed E-state index contributed by atoms with van der Waals surface area (Å²) < 4.78 is 27.6. The lowest BCUT2D eigenvalue weighted by atomic mass is 10.0. The second-order valence-electron chi connectivity index (χ2n) is 5.26. The predicted molar refractivity (Wildman–Crippen MR) is 79.9 cm³/mol. The van der Waals surface area contributed by atoms with Gasteiger partial charge >= 0.3 is 0 Å². The molecule has 3 nitrogen and oxygen atoms in total. The van der Waals surface area contributed by atoms with E-state index in [2.05, 4.69) is 18.6 Å². The molecule has 0 fully saturated rings. The van der Waals surface area contributed by atoms with Crippen LogP contribution in [0.3, 0.4) is 0 Å². The highest BCUT2D eigenvalue weighted by Crippen LogP contribution is 2.21. The van der Waals surface area contributed by atoms with Gasteiger partial charge in [-0.05, 0) is 37.8 Å². The Hall–Kier alpha value is -0.870. The summed E-state index contributed by atoms with van der Waals surface area (Å²) in [6.45, 7) is 10.4. The maximum atomic E-state index is 12.4. The van der Waals surface area contributed by atoms with Crippen molar-refractivity contribution in [1.82, 2.24) is 4.72 Å². The van der Waals surface area contributed by atoms with Gasteiger partial charge in [0.05, 0.1) is 4.90 Å². The van der Waals surface area contributed by atoms with E-state index in [9.17, 15) is 8.42 Å². The number of hydrogen-bond acceptors (Lipinski definition) is 2. The Morgan fingerprint density at radius 3 is 1.95 bits per heavy atom. The molecule has 0 heterocycles. The van der Waals surface area contributed by atoms with Crippen LogP contribution in [0.1, 0.15) is 43.4 Å². The summed E-state index contributed by atoms with van der Waals surface area (Å²) in [6, 6.07) is 3.83.